The predicted octanol–water partition coefficient (Wildman–Crippen LogP) is 0.393. The van der Waals surface area contributed by atoms with E-state index in [0.717, 1.165) is 10.6 Å². The summed E-state index contributed by atoms with van der Waals surface area (Å²) in [4.78, 5) is 27.4. The molecule has 1 fully saturated rings. The van der Waals surface area contributed by atoms with Crippen LogP contribution in [0.4, 0.5) is 14.9 Å². The summed E-state index contributed by atoms with van der Waals surface area (Å²) < 4.78 is 36.6. The van der Waals surface area contributed by atoms with Crippen molar-refractivity contribution in [3.63, 3.8) is 0 Å². The predicted molar refractivity (Wildman–Crippen MR) is 91.0 cm³/mol. The number of benzene rings is 1. The quantitative estimate of drug-likeness (QED) is 0.828. The number of nitrogens with zero attached hydrogens (tertiary/aromatic N) is 3. The van der Waals surface area contributed by atoms with Gasteiger partial charge in [-0.1, -0.05) is 0 Å². The maximum Gasteiger partial charge on any atom is 0.321 e. The molecule has 1 aromatic rings. The molecule has 1 N–H and O–H groups in total. The van der Waals surface area contributed by atoms with Crippen molar-refractivity contribution in [2.75, 3.05) is 51.3 Å². The summed E-state index contributed by atoms with van der Waals surface area (Å²) in [6.45, 7) is 1.10. The average Bonchev–Trinajstić information content (AvgIpc) is 2.56. The molecule has 1 aromatic carbocycles. The van der Waals surface area contributed by atoms with Gasteiger partial charge in [-0.3, -0.25) is 4.79 Å². The fourth-order valence-electron chi connectivity index (χ4n) is 2.30. The Morgan fingerprint density at radius 3 is 2.16 bits per heavy atom. The second-order valence-electron chi connectivity index (χ2n) is 5.82. The molecule has 0 atom stereocenters. The maximum atomic E-state index is 12.9. The van der Waals surface area contributed by atoms with E-state index in [0.29, 0.717) is 31.9 Å². The minimum Gasteiger partial charge on any atom is -0.338 e. The highest BCUT2D eigenvalue weighted by molar-refractivity contribution is 7.88. The Bertz CT molecular complexity index is 730. The molecule has 8 nitrogen and oxygen atoms in total. The van der Waals surface area contributed by atoms with E-state index in [2.05, 4.69) is 5.32 Å². The zero-order valence-corrected chi connectivity index (χ0v) is 14.9. The van der Waals surface area contributed by atoms with E-state index in [4.69, 9.17) is 0 Å². The number of hydrogen-bond acceptors (Lipinski definition) is 4. The molecule has 0 aromatic heterocycles. The molecule has 0 unspecified atom stereocenters. The Balaban J connectivity index is 1.83. The van der Waals surface area contributed by atoms with Crippen molar-refractivity contribution >= 4 is 27.6 Å². The topological polar surface area (TPSA) is 90.0 Å². The lowest BCUT2D eigenvalue weighted by molar-refractivity contribution is -0.132. The highest BCUT2D eigenvalue weighted by Gasteiger charge is 2.26. The fraction of sp³-hybridized carbons (Fsp3) is 0.467. The van der Waals surface area contributed by atoms with Crippen LogP contribution in [0.2, 0.25) is 0 Å². The van der Waals surface area contributed by atoms with Gasteiger partial charge in [0, 0.05) is 38.9 Å². The van der Waals surface area contributed by atoms with E-state index >= 15 is 0 Å². The smallest absolute Gasteiger partial charge is 0.321 e. The molecule has 1 aliphatic heterocycles. The lowest BCUT2D eigenvalue weighted by atomic mass is 10.3. The summed E-state index contributed by atoms with van der Waals surface area (Å²) in [7, 11) is -2.07. The Kier molecular flexibility index (Phi) is 5.96. The number of carbonyl (C=O) groups excluding carboxylic acids is 2. The van der Waals surface area contributed by atoms with Crippen molar-refractivity contribution in [3.8, 4) is 0 Å². The van der Waals surface area contributed by atoms with Crippen LogP contribution >= 0.6 is 0 Å². The van der Waals surface area contributed by atoms with Gasteiger partial charge >= 0.3 is 6.03 Å². The van der Waals surface area contributed by atoms with Crippen LogP contribution in [0.5, 0.6) is 0 Å². The van der Waals surface area contributed by atoms with E-state index < -0.39 is 10.0 Å². The van der Waals surface area contributed by atoms with Crippen LogP contribution in [0.1, 0.15) is 0 Å². The standard InChI is InChI=1S/C15H21FN4O4S/c1-18(25(2,23)24)11-14(21)19-7-9-20(10-8-19)15(22)17-13-5-3-12(16)4-6-13/h3-6H,7-11H2,1-2H3,(H,17,22). The Hall–Kier alpha value is -2.20. The third kappa shape index (κ3) is 5.40. The van der Waals surface area contributed by atoms with Crippen molar-refractivity contribution in [1.82, 2.24) is 14.1 Å². The summed E-state index contributed by atoms with van der Waals surface area (Å²) in [5.74, 6) is -0.685. The Labute approximate surface area is 146 Å². The van der Waals surface area contributed by atoms with Crippen LogP contribution in [-0.2, 0) is 14.8 Å². The number of amides is 3. The number of sulfonamides is 1. The van der Waals surface area contributed by atoms with Crippen molar-refractivity contribution < 1.29 is 22.4 Å². The number of likely N-dealkylation sites (N-methyl/N-ethyl adjacent to an activating group) is 1. The molecule has 1 heterocycles. The molecule has 0 bridgehead atoms. The van der Waals surface area contributed by atoms with Gasteiger partial charge in [-0.15, -0.1) is 0 Å². The number of urea groups is 1. The van der Waals surface area contributed by atoms with Gasteiger partial charge in [0.25, 0.3) is 0 Å². The van der Waals surface area contributed by atoms with Crippen LogP contribution in [0.3, 0.4) is 0 Å². The van der Waals surface area contributed by atoms with Crippen LogP contribution in [-0.4, -0.2) is 80.5 Å². The largest absolute Gasteiger partial charge is 0.338 e. The average molecular weight is 372 g/mol. The molecule has 1 saturated heterocycles. The molecule has 1 aliphatic rings. The number of hydrogen-bond donors (Lipinski definition) is 1. The first-order valence-electron chi connectivity index (χ1n) is 7.67. The number of anilines is 1. The molecule has 0 radical (unpaired) electrons. The minimum absolute atomic E-state index is 0.222. The molecular weight excluding hydrogens is 351 g/mol. The van der Waals surface area contributed by atoms with Gasteiger partial charge < -0.3 is 15.1 Å². The first-order chi connectivity index (χ1) is 11.7. The van der Waals surface area contributed by atoms with Gasteiger partial charge in [-0.2, -0.15) is 4.31 Å². The highest BCUT2D eigenvalue weighted by Crippen LogP contribution is 2.11. The fourth-order valence-corrected chi connectivity index (χ4v) is 2.65. The van der Waals surface area contributed by atoms with Crippen molar-refractivity contribution in [2.24, 2.45) is 0 Å². The Morgan fingerprint density at radius 1 is 1.12 bits per heavy atom. The van der Waals surface area contributed by atoms with Gasteiger partial charge in [0.2, 0.25) is 15.9 Å². The van der Waals surface area contributed by atoms with Crippen molar-refractivity contribution in [1.29, 1.82) is 0 Å². The van der Waals surface area contributed by atoms with Crippen LogP contribution < -0.4 is 5.32 Å². The first-order valence-corrected chi connectivity index (χ1v) is 9.52. The van der Waals surface area contributed by atoms with E-state index in [9.17, 15) is 22.4 Å². The summed E-state index contributed by atoms with van der Waals surface area (Å²) >= 11 is 0. The molecule has 0 saturated carbocycles. The maximum absolute atomic E-state index is 12.9. The number of rotatable bonds is 4. The second-order valence-corrected chi connectivity index (χ2v) is 7.91. The van der Waals surface area contributed by atoms with E-state index in [-0.39, 0.29) is 24.3 Å². The number of piperazine rings is 1. The summed E-state index contributed by atoms with van der Waals surface area (Å²) in [5.41, 5.74) is 0.486. The molecule has 25 heavy (non-hydrogen) atoms. The van der Waals surface area contributed by atoms with Crippen LogP contribution in [0, 0.1) is 5.82 Å². The van der Waals surface area contributed by atoms with Crippen molar-refractivity contribution in [3.05, 3.63) is 30.1 Å². The van der Waals surface area contributed by atoms with Gasteiger partial charge in [0.1, 0.15) is 5.82 Å². The van der Waals surface area contributed by atoms with Crippen molar-refractivity contribution in [2.45, 2.75) is 0 Å². The number of carbonyl (C=O) groups is 2. The minimum atomic E-state index is -3.41. The van der Waals surface area contributed by atoms with Gasteiger partial charge in [-0.25, -0.2) is 17.6 Å². The molecule has 0 aliphatic carbocycles. The number of halogens is 1. The lowest BCUT2D eigenvalue weighted by Crippen LogP contribution is -2.53. The van der Waals surface area contributed by atoms with E-state index in [1.54, 1.807) is 4.90 Å². The third-order valence-corrected chi connectivity index (χ3v) is 5.20. The third-order valence-electron chi connectivity index (χ3n) is 3.94. The highest BCUT2D eigenvalue weighted by atomic mass is 32.2. The lowest BCUT2D eigenvalue weighted by Gasteiger charge is -2.35. The molecule has 10 heteroatoms. The molecule has 3 amide bonds. The molecule has 0 spiro atoms. The normalized spacial score (nSPS) is 15.4. The summed E-state index contributed by atoms with van der Waals surface area (Å²) in [6, 6.07) is 5.11. The van der Waals surface area contributed by atoms with Crippen LogP contribution in [0.25, 0.3) is 0 Å². The number of nitrogens with one attached hydrogen (secondary N) is 1. The molecular formula is C15H21FN4O4S. The van der Waals surface area contributed by atoms with Crippen LogP contribution in [0.15, 0.2) is 24.3 Å². The van der Waals surface area contributed by atoms with Gasteiger partial charge in [0.15, 0.2) is 0 Å². The van der Waals surface area contributed by atoms with E-state index in [1.165, 1.54) is 36.2 Å². The first kappa shape index (κ1) is 19.1. The summed E-state index contributed by atoms with van der Waals surface area (Å²) in [5, 5.41) is 2.66. The zero-order chi connectivity index (χ0) is 18.6. The van der Waals surface area contributed by atoms with Gasteiger partial charge in [-0.05, 0) is 24.3 Å². The molecule has 2 rings (SSSR count). The monoisotopic (exact) mass is 372 g/mol. The summed E-state index contributed by atoms with van der Waals surface area (Å²) in [6.07, 6.45) is 1.04. The Morgan fingerprint density at radius 2 is 1.64 bits per heavy atom. The van der Waals surface area contributed by atoms with E-state index in [1.807, 2.05) is 0 Å². The van der Waals surface area contributed by atoms with Gasteiger partial charge in [0.05, 0.1) is 12.8 Å². The SMILES string of the molecule is CN(CC(=O)N1CCN(C(=O)Nc2ccc(F)cc2)CC1)S(C)(=O)=O. The second kappa shape index (κ2) is 7.79. The molecule has 138 valence electrons. The zero-order valence-electron chi connectivity index (χ0n) is 14.1.